The molecule has 5 nitrogen and oxygen atoms in total. The van der Waals surface area contributed by atoms with Gasteiger partial charge < -0.3 is 15.4 Å². The van der Waals surface area contributed by atoms with E-state index in [0.29, 0.717) is 22.7 Å². The van der Waals surface area contributed by atoms with Gasteiger partial charge in [0, 0.05) is 6.07 Å². The first-order valence-corrected chi connectivity index (χ1v) is 7.20. The zero-order valence-electron chi connectivity index (χ0n) is 11.9. The third-order valence-corrected chi connectivity index (χ3v) is 3.60. The first-order valence-electron chi connectivity index (χ1n) is 6.82. The highest BCUT2D eigenvalue weighted by molar-refractivity contribution is 6.34. The smallest absolute Gasteiger partial charge is 0.262 e. The van der Waals surface area contributed by atoms with Gasteiger partial charge in [-0.25, -0.2) is 4.39 Å². The van der Waals surface area contributed by atoms with Crippen molar-refractivity contribution in [2.75, 3.05) is 17.2 Å². The van der Waals surface area contributed by atoms with Gasteiger partial charge in [0.25, 0.3) is 5.91 Å². The second-order valence-electron chi connectivity index (χ2n) is 4.98. The molecule has 2 N–H and O–H groups in total. The van der Waals surface area contributed by atoms with Crippen molar-refractivity contribution in [1.82, 2.24) is 0 Å². The molecule has 23 heavy (non-hydrogen) atoms. The summed E-state index contributed by atoms with van der Waals surface area (Å²) in [6, 6.07) is 9.08. The van der Waals surface area contributed by atoms with Crippen molar-refractivity contribution in [3.05, 3.63) is 52.8 Å². The Morgan fingerprint density at radius 2 is 2.13 bits per heavy atom. The summed E-state index contributed by atoms with van der Waals surface area (Å²) in [5.74, 6) is -0.706. The Morgan fingerprint density at radius 1 is 1.35 bits per heavy atom. The molecule has 0 aliphatic carbocycles. The molecule has 0 saturated carbocycles. The standard InChI is InChI=1S/C16H12ClFN2O3/c17-10-6-13-14(23-8-16(22)20-13)7-12(10)19-15(21)5-9-3-1-2-4-11(9)18/h1-4,6-7H,5,8H2,(H,19,21)(H,20,22). The topological polar surface area (TPSA) is 67.4 Å². The van der Waals surface area contributed by atoms with Crippen molar-refractivity contribution in [2.45, 2.75) is 6.42 Å². The molecule has 118 valence electrons. The fourth-order valence-corrected chi connectivity index (χ4v) is 2.42. The van der Waals surface area contributed by atoms with Crippen LogP contribution in [0.4, 0.5) is 15.8 Å². The average molecular weight is 335 g/mol. The van der Waals surface area contributed by atoms with Crippen LogP contribution in [-0.4, -0.2) is 18.4 Å². The number of rotatable bonds is 3. The van der Waals surface area contributed by atoms with Gasteiger partial charge in [-0.05, 0) is 17.7 Å². The molecule has 3 rings (SSSR count). The van der Waals surface area contributed by atoms with Crippen LogP contribution in [0.15, 0.2) is 36.4 Å². The van der Waals surface area contributed by atoms with Gasteiger partial charge in [0.15, 0.2) is 6.61 Å². The minimum atomic E-state index is -0.440. The van der Waals surface area contributed by atoms with Crippen molar-refractivity contribution in [3.63, 3.8) is 0 Å². The number of ether oxygens (including phenoxy) is 1. The molecule has 0 radical (unpaired) electrons. The van der Waals surface area contributed by atoms with E-state index in [1.54, 1.807) is 18.2 Å². The van der Waals surface area contributed by atoms with Crippen LogP contribution in [0.25, 0.3) is 0 Å². The van der Waals surface area contributed by atoms with Gasteiger partial charge in [0.1, 0.15) is 11.6 Å². The lowest BCUT2D eigenvalue weighted by Crippen LogP contribution is -2.25. The molecule has 0 saturated heterocycles. The highest BCUT2D eigenvalue weighted by Gasteiger charge is 2.19. The predicted molar refractivity (Wildman–Crippen MR) is 84.3 cm³/mol. The Morgan fingerprint density at radius 3 is 2.91 bits per heavy atom. The van der Waals surface area contributed by atoms with E-state index in [1.165, 1.54) is 18.2 Å². The average Bonchev–Trinajstić information content (AvgIpc) is 2.50. The molecule has 1 aliphatic heterocycles. The molecular formula is C16H12ClFN2O3. The lowest BCUT2D eigenvalue weighted by atomic mass is 10.1. The van der Waals surface area contributed by atoms with Crippen molar-refractivity contribution >= 4 is 34.8 Å². The van der Waals surface area contributed by atoms with E-state index in [0.717, 1.165) is 0 Å². The Balaban J connectivity index is 1.76. The number of amides is 2. The van der Waals surface area contributed by atoms with E-state index >= 15 is 0 Å². The summed E-state index contributed by atoms with van der Waals surface area (Å²) in [6.45, 7) is -0.1000. The molecule has 0 fully saturated rings. The maximum atomic E-state index is 13.6. The molecule has 1 aliphatic rings. The van der Waals surface area contributed by atoms with Crippen LogP contribution >= 0.6 is 11.6 Å². The monoisotopic (exact) mass is 334 g/mol. The predicted octanol–water partition coefficient (Wildman–Crippen LogP) is 2.99. The summed E-state index contributed by atoms with van der Waals surface area (Å²) in [5, 5.41) is 5.48. The molecule has 2 aromatic carbocycles. The second kappa shape index (κ2) is 6.26. The summed E-state index contributed by atoms with van der Waals surface area (Å²) in [6.07, 6.45) is -0.113. The first-order chi connectivity index (χ1) is 11.0. The van der Waals surface area contributed by atoms with Gasteiger partial charge in [-0.1, -0.05) is 29.8 Å². The largest absolute Gasteiger partial charge is 0.482 e. The molecule has 0 atom stereocenters. The van der Waals surface area contributed by atoms with Crippen LogP contribution in [0.3, 0.4) is 0 Å². The minimum Gasteiger partial charge on any atom is -0.482 e. The highest BCUT2D eigenvalue weighted by Crippen LogP contribution is 2.36. The van der Waals surface area contributed by atoms with Crippen LogP contribution in [0.5, 0.6) is 5.75 Å². The summed E-state index contributed by atoms with van der Waals surface area (Å²) >= 11 is 6.09. The van der Waals surface area contributed by atoms with Crippen LogP contribution < -0.4 is 15.4 Å². The molecule has 0 unspecified atom stereocenters. The summed E-state index contributed by atoms with van der Waals surface area (Å²) in [4.78, 5) is 23.3. The van der Waals surface area contributed by atoms with Crippen LogP contribution in [-0.2, 0) is 16.0 Å². The lowest BCUT2D eigenvalue weighted by molar-refractivity contribution is -0.118. The van der Waals surface area contributed by atoms with Crippen LogP contribution in [0.2, 0.25) is 5.02 Å². The highest BCUT2D eigenvalue weighted by atomic mass is 35.5. The van der Waals surface area contributed by atoms with E-state index < -0.39 is 11.7 Å². The molecule has 2 aromatic rings. The van der Waals surface area contributed by atoms with Gasteiger partial charge in [-0.2, -0.15) is 0 Å². The van der Waals surface area contributed by atoms with Crippen molar-refractivity contribution in [3.8, 4) is 5.75 Å². The van der Waals surface area contributed by atoms with Gasteiger partial charge in [0.05, 0.1) is 22.8 Å². The van der Waals surface area contributed by atoms with E-state index in [1.807, 2.05) is 0 Å². The Hall–Kier alpha value is -2.60. The van der Waals surface area contributed by atoms with E-state index in [9.17, 15) is 14.0 Å². The van der Waals surface area contributed by atoms with Gasteiger partial charge in [-0.15, -0.1) is 0 Å². The molecule has 0 bridgehead atoms. The summed E-state index contributed by atoms with van der Waals surface area (Å²) in [7, 11) is 0. The number of benzene rings is 2. The third kappa shape index (κ3) is 3.43. The summed E-state index contributed by atoms with van der Waals surface area (Å²) in [5.41, 5.74) is 1.07. The summed E-state index contributed by atoms with van der Waals surface area (Å²) < 4.78 is 18.8. The lowest BCUT2D eigenvalue weighted by Gasteiger charge is -2.19. The fraction of sp³-hybridized carbons (Fsp3) is 0.125. The van der Waals surface area contributed by atoms with Gasteiger partial charge >= 0.3 is 0 Å². The van der Waals surface area contributed by atoms with E-state index in [-0.39, 0.29) is 24.0 Å². The molecular weight excluding hydrogens is 323 g/mol. The normalized spacial score (nSPS) is 12.9. The fourth-order valence-electron chi connectivity index (χ4n) is 2.21. The number of anilines is 2. The molecule has 0 spiro atoms. The number of carbonyl (C=O) groups excluding carboxylic acids is 2. The first kappa shape index (κ1) is 15.3. The van der Waals surface area contributed by atoms with Crippen molar-refractivity contribution in [1.29, 1.82) is 0 Å². The van der Waals surface area contributed by atoms with Crippen LogP contribution in [0.1, 0.15) is 5.56 Å². The minimum absolute atomic E-state index is 0.1000. The second-order valence-corrected chi connectivity index (χ2v) is 5.39. The molecule has 7 heteroatoms. The maximum absolute atomic E-state index is 13.6. The van der Waals surface area contributed by atoms with E-state index in [4.69, 9.17) is 16.3 Å². The maximum Gasteiger partial charge on any atom is 0.262 e. The third-order valence-electron chi connectivity index (χ3n) is 3.29. The van der Waals surface area contributed by atoms with Gasteiger partial charge in [-0.3, -0.25) is 9.59 Å². The molecule has 1 heterocycles. The number of halogens is 2. The number of hydrogen-bond donors (Lipinski definition) is 2. The van der Waals surface area contributed by atoms with Crippen molar-refractivity contribution in [2.24, 2.45) is 0 Å². The quantitative estimate of drug-likeness (QED) is 0.906. The molecule has 2 amide bonds. The zero-order chi connectivity index (χ0) is 16.4. The number of fused-ring (bicyclic) bond motifs is 1. The molecule has 0 aromatic heterocycles. The SMILES string of the molecule is O=C(Cc1ccccc1F)Nc1cc2c(cc1Cl)NC(=O)CO2. The van der Waals surface area contributed by atoms with Gasteiger partial charge in [0.2, 0.25) is 5.91 Å². The number of hydrogen-bond acceptors (Lipinski definition) is 3. The number of nitrogens with one attached hydrogen (secondary N) is 2. The van der Waals surface area contributed by atoms with Crippen molar-refractivity contribution < 1.29 is 18.7 Å². The van der Waals surface area contributed by atoms with E-state index in [2.05, 4.69) is 10.6 Å². The Kier molecular flexibility index (Phi) is 4.16. The number of carbonyl (C=O) groups is 2. The Labute approximate surface area is 136 Å². The van der Waals surface area contributed by atoms with Crippen LogP contribution in [0, 0.1) is 5.82 Å². The zero-order valence-corrected chi connectivity index (χ0v) is 12.6. The Bertz CT molecular complexity index is 795.